The number of benzene rings is 1. The van der Waals surface area contributed by atoms with Gasteiger partial charge in [0.2, 0.25) is 5.91 Å². The monoisotopic (exact) mass is 237 g/mol. The van der Waals surface area contributed by atoms with Gasteiger partial charge in [-0.05, 0) is 12.1 Å². The molecule has 1 unspecified atom stereocenters. The molecule has 1 aromatic carbocycles. The van der Waals surface area contributed by atoms with E-state index in [1.807, 2.05) is 24.3 Å². The molecule has 84 valence electrons. The van der Waals surface area contributed by atoms with E-state index in [1.54, 1.807) is 0 Å². The Morgan fingerprint density at radius 2 is 2.31 bits per heavy atom. The van der Waals surface area contributed by atoms with Crippen LogP contribution in [0.1, 0.15) is 0 Å². The molecule has 2 rings (SSSR count). The smallest absolute Gasteiger partial charge is 0.248 e. The number of nitrogens with two attached hydrogens (primary N) is 1. The number of carbonyl (C=O) groups is 1. The fraction of sp³-hybridized carbons (Fsp3) is 0.200. The average Bonchev–Trinajstić information content (AvgIpc) is 2.68. The van der Waals surface area contributed by atoms with Crippen LogP contribution in [0.25, 0.3) is 10.2 Å². The van der Waals surface area contributed by atoms with E-state index >= 15 is 0 Å². The van der Waals surface area contributed by atoms with Gasteiger partial charge in [-0.3, -0.25) is 4.79 Å². The van der Waals surface area contributed by atoms with Gasteiger partial charge in [-0.15, -0.1) is 0 Å². The van der Waals surface area contributed by atoms with Gasteiger partial charge in [-0.1, -0.05) is 23.5 Å². The van der Waals surface area contributed by atoms with Gasteiger partial charge in [0.25, 0.3) is 0 Å². The van der Waals surface area contributed by atoms with Crippen molar-refractivity contribution in [3.63, 3.8) is 0 Å². The molecule has 0 aliphatic rings. The van der Waals surface area contributed by atoms with Crippen molar-refractivity contribution >= 4 is 32.6 Å². The normalized spacial score (nSPS) is 12.6. The summed E-state index contributed by atoms with van der Waals surface area (Å²) in [5, 5.41) is 12.7. The number of nitrogens with one attached hydrogen (secondary N) is 1. The minimum absolute atomic E-state index is 0.0785. The van der Waals surface area contributed by atoms with Crippen LogP contribution in [-0.4, -0.2) is 28.6 Å². The molecule has 1 heterocycles. The molecule has 4 N–H and O–H groups in total. The van der Waals surface area contributed by atoms with Crippen LogP contribution in [0.2, 0.25) is 0 Å². The maximum Gasteiger partial charge on any atom is 0.248 e. The van der Waals surface area contributed by atoms with Crippen molar-refractivity contribution in [1.82, 2.24) is 4.98 Å². The van der Waals surface area contributed by atoms with E-state index in [-0.39, 0.29) is 6.54 Å². The molecule has 0 saturated heterocycles. The second kappa shape index (κ2) is 4.46. The van der Waals surface area contributed by atoms with E-state index in [4.69, 9.17) is 5.73 Å². The zero-order valence-electron chi connectivity index (χ0n) is 8.38. The number of amides is 1. The molecule has 0 fully saturated rings. The molecule has 0 saturated carbocycles. The van der Waals surface area contributed by atoms with Gasteiger partial charge in [0, 0.05) is 0 Å². The maximum atomic E-state index is 10.6. The first-order valence-corrected chi connectivity index (χ1v) is 5.55. The summed E-state index contributed by atoms with van der Waals surface area (Å²) in [5.74, 6) is -0.742. The molecule has 1 atom stereocenters. The fourth-order valence-electron chi connectivity index (χ4n) is 1.23. The second-order valence-electron chi connectivity index (χ2n) is 3.29. The molecular formula is C10H11N3O2S. The summed E-state index contributed by atoms with van der Waals surface area (Å²) >= 11 is 1.47. The number of carbonyl (C=O) groups excluding carboxylic acids is 1. The Morgan fingerprint density at radius 3 is 3.00 bits per heavy atom. The Balaban J connectivity index is 2.07. The molecule has 5 nitrogen and oxygen atoms in total. The summed E-state index contributed by atoms with van der Waals surface area (Å²) in [6.45, 7) is 0.0785. The molecule has 0 bridgehead atoms. The summed E-state index contributed by atoms with van der Waals surface area (Å²) in [5.41, 5.74) is 5.82. The maximum absolute atomic E-state index is 10.6. The Hall–Kier alpha value is -1.66. The Labute approximate surface area is 95.9 Å². The number of aliphatic hydroxyl groups excluding tert-OH is 1. The third-order valence-electron chi connectivity index (χ3n) is 2.07. The van der Waals surface area contributed by atoms with Crippen LogP contribution < -0.4 is 11.1 Å². The van der Waals surface area contributed by atoms with Crippen molar-refractivity contribution in [3.8, 4) is 0 Å². The number of thiazole rings is 1. The largest absolute Gasteiger partial charge is 0.381 e. The third-order valence-corrected chi connectivity index (χ3v) is 3.06. The van der Waals surface area contributed by atoms with Crippen LogP contribution >= 0.6 is 11.3 Å². The lowest BCUT2D eigenvalue weighted by Gasteiger charge is -2.05. The predicted molar refractivity (Wildman–Crippen MR) is 63.3 cm³/mol. The second-order valence-corrected chi connectivity index (χ2v) is 4.32. The molecule has 16 heavy (non-hydrogen) atoms. The summed E-state index contributed by atoms with van der Waals surface area (Å²) in [4.78, 5) is 14.9. The van der Waals surface area contributed by atoms with Gasteiger partial charge in [0.1, 0.15) is 6.10 Å². The number of hydrogen-bond donors (Lipinski definition) is 3. The number of aliphatic hydroxyl groups is 1. The SMILES string of the molecule is NC(=O)C(O)CNc1nc2ccccc2s1. The molecule has 0 radical (unpaired) electrons. The number of nitrogens with zero attached hydrogens (tertiary/aromatic N) is 1. The van der Waals surface area contributed by atoms with Gasteiger partial charge >= 0.3 is 0 Å². The summed E-state index contributed by atoms with van der Waals surface area (Å²) < 4.78 is 1.05. The van der Waals surface area contributed by atoms with Crippen molar-refractivity contribution in [1.29, 1.82) is 0 Å². The van der Waals surface area contributed by atoms with E-state index in [9.17, 15) is 9.90 Å². The fourth-order valence-corrected chi connectivity index (χ4v) is 2.11. The Kier molecular flexibility index (Phi) is 3.02. The topological polar surface area (TPSA) is 88.2 Å². The van der Waals surface area contributed by atoms with Crippen molar-refractivity contribution in [2.45, 2.75) is 6.10 Å². The molecule has 1 amide bonds. The van der Waals surface area contributed by atoms with Crippen molar-refractivity contribution in [2.75, 3.05) is 11.9 Å². The molecule has 0 aliphatic heterocycles. The van der Waals surface area contributed by atoms with Crippen molar-refractivity contribution in [2.24, 2.45) is 5.73 Å². The minimum atomic E-state index is -1.19. The molecule has 6 heteroatoms. The lowest BCUT2D eigenvalue weighted by Crippen LogP contribution is -2.34. The van der Waals surface area contributed by atoms with Crippen LogP contribution in [0.15, 0.2) is 24.3 Å². The van der Waals surface area contributed by atoms with E-state index in [1.165, 1.54) is 11.3 Å². The molecular weight excluding hydrogens is 226 g/mol. The molecule has 1 aromatic heterocycles. The van der Waals surface area contributed by atoms with Gasteiger partial charge in [-0.25, -0.2) is 4.98 Å². The van der Waals surface area contributed by atoms with Crippen LogP contribution in [0.3, 0.4) is 0 Å². The zero-order chi connectivity index (χ0) is 11.5. The lowest BCUT2D eigenvalue weighted by molar-refractivity contribution is -0.125. The minimum Gasteiger partial charge on any atom is -0.381 e. The number of primary amides is 1. The highest BCUT2D eigenvalue weighted by Crippen LogP contribution is 2.25. The first-order valence-electron chi connectivity index (χ1n) is 4.73. The molecule has 0 aliphatic carbocycles. The third kappa shape index (κ3) is 2.29. The first kappa shape index (κ1) is 10.8. The lowest BCUT2D eigenvalue weighted by atomic mass is 10.3. The number of fused-ring (bicyclic) bond motifs is 1. The van der Waals surface area contributed by atoms with E-state index < -0.39 is 12.0 Å². The van der Waals surface area contributed by atoms with Gasteiger partial charge in [0.05, 0.1) is 16.8 Å². The van der Waals surface area contributed by atoms with E-state index in [2.05, 4.69) is 10.3 Å². The van der Waals surface area contributed by atoms with Crippen molar-refractivity contribution in [3.05, 3.63) is 24.3 Å². The number of hydrogen-bond acceptors (Lipinski definition) is 5. The highest BCUT2D eigenvalue weighted by atomic mass is 32.1. The van der Waals surface area contributed by atoms with Crippen LogP contribution in [0.5, 0.6) is 0 Å². The predicted octanol–water partition coefficient (Wildman–Crippen LogP) is 0.554. The standard InChI is InChI=1S/C10H11N3O2S/c11-9(15)7(14)5-12-10-13-6-3-1-2-4-8(6)16-10/h1-4,7,14H,5H2,(H2,11,15)(H,12,13). The zero-order valence-corrected chi connectivity index (χ0v) is 9.20. The summed E-state index contributed by atoms with van der Waals surface area (Å²) in [6, 6.07) is 7.71. The number of para-hydroxylation sites is 1. The molecule has 2 aromatic rings. The van der Waals surface area contributed by atoms with Crippen molar-refractivity contribution < 1.29 is 9.90 Å². The Bertz CT molecular complexity index is 478. The van der Waals surface area contributed by atoms with Crippen LogP contribution in [-0.2, 0) is 4.79 Å². The highest BCUT2D eigenvalue weighted by Gasteiger charge is 2.11. The average molecular weight is 237 g/mol. The Morgan fingerprint density at radius 1 is 1.56 bits per heavy atom. The summed E-state index contributed by atoms with van der Waals surface area (Å²) in [7, 11) is 0. The van der Waals surface area contributed by atoms with E-state index in [0.717, 1.165) is 10.2 Å². The molecule has 0 spiro atoms. The van der Waals surface area contributed by atoms with Gasteiger partial charge in [-0.2, -0.15) is 0 Å². The number of rotatable bonds is 4. The number of aromatic nitrogens is 1. The van der Waals surface area contributed by atoms with E-state index in [0.29, 0.717) is 5.13 Å². The van der Waals surface area contributed by atoms with Crippen LogP contribution in [0.4, 0.5) is 5.13 Å². The highest BCUT2D eigenvalue weighted by molar-refractivity contribution is 7.22. The quantitative estimate of drug-likeness (QED) is 0.724. The van der Waals surface area contributed by atoms with Gasteiger partial charge in [0.15, 0.2) is 5.13 Å². The summed E-state index contributed by atoms with van der Waals surface area (Å²) in [6.07, 6.45) is -1.19. The van der Waals surface area contributed by atoms with Gasteiger partial charge < -0.3 is 16.2 Å². The van der Waals surface area contributed by atoms with Crippen LogP contribution in [0, 0.1) is 0 Å². The first-order chi connectivity index (χ1) is 7.66. The number of anilines is 1.